The van der Waals surface area contributed by atoms with E-state index in [1.807, 2.05) is 37.3 Å². The number of carboxylic acid groups (broad SMARTS) is 1. The number of nitrogens with one attached hydrogen (secondary N) is 2. The summed E-state index contributed by atoms with van der Waals surface area (Å²) < 4.78 is 33.7. The second-order valence-electron chi connectivity index (χ2n) is 7.53. The summed E-state index contributed by atoms with van der Waals surface area (Å²) in [7, 11) is -3.85. The molecule has 162 valence electrons. The Morgan fingerprint density at radius 1 is 1.19 bits per heavy atom. The van der Waals surface area contributed by atoms with Gasteiger partial charge in [-0.3, -0.25) is 9.78 Å². The van der Waals surface area contributed by atoms with Crippen molar-refractivity contribution in [1.29, 1.82) is 0 Å². The normalized spacial score (nSPS) is 18.9. The SMILES string of the molecule is Cc1cc(COc2ccc(S(=O)(=O)NC3CNCC3C(=O)O)cc2)c2ccccc2n1. The third-order valence-electron chi connectivity index (χ3n) is 5.30. The zero-order chi connectivity index (χ0) is 22.0. The lowest BCUT2D eigenvalue weighted by Gasteiger charge is -2.17. The maximum absolute atomic E-state index is 12.7. The lowest BCUT2D eigenvalue weighted by molar-refractivity contribution is -0.141. The monoisotopic (exact) mass is 441 g/mol. The van der Waals surface area contributed by atoms with Gasteiger partial charge >= 0.3 is 5.97 Å². The number of hydrogen-bond donors (Lipinski definition) is 3. The molecule has 2 aromatic carbocycles. The van der Waals surface area contributed by atoms with Crippen LogP contribution in [0.1, 0.15) is 11.3 Å². The molecule has 0 aliphatic carbocycles. The van der Waals surface area contributed by atoms with E-state index in [9.17, 15) is 18.3 Å². The van der Waals surface area contributed by atoms with Gasteiger partial charge in [0.15, 0.2) is 0 Å². The molecule has 0 radical (unpaired) electrons. The fourth-order valence-electron chi connectivity index (χ4n) is 3.72. The first kappa shape index (κ1) is 21.2. The molecular weight excluding hydrogens is 418 g/mol. The molecule has 2 heterocycles. The summed E-state index contributed by atoms with van der Waals surface area (Å²) in [4.78, 5) is 15.8. The van der Waals surface area contributed by atoms with E-state index in [0.717, 1.165) is 22.2 Å². The average Bonchev–Trinajstić information content (AvgIpc) is 3.20. The van der Waals surface area contributed by atoms with E-state index in [4.69, 9.17) is 4.74 Å². The highest BCUT2D eigenvalue weighted by molar-refractivity contribution is 7.89. The summed E-state index contributed by atoms with van der Waals surface area (Å²) in [5, 5.41) is 13.1. The number of hydrogen-bond acceptors (Lipinski definition) is 6. The van der Waals surface area contributed by atoms with Gasteiger partial charge in [-0.2, -0.15) is 0 Å². The summed E-state index contributed by atoms with van der Waals surface area (Å²) in [5.74, 6) is -1.29. The number of aromatic nitrogens is 1. The highest BCUT2D eigenvalue weighted by atomic mass is 32.2. The molecule has 1 saturated heterocycles. The number of nitrogens with zero attached hydrogens (tertiary/aromatic N) is 1. The molecule has 1 aromatic heterocycles. The van der Waals surface area contributed by atoms with E-state index in [0.29, 0.717) is 12.4 Å². The van der Waals surface area contributed by atoms with Gasteiger partial charge in [-0.25, -0.2) is 13.1 Å². The molecule has 3 aromatic rings. The first-order chi connectivity index (χ1) is 14.8. The van der Waals surface area contributed by atoms with Gasteiger partial charge in [0, 0.05) is 35.8 Å². The van der Waals surface area contributed by atoms with Gasteiger partial charge in [0.2, 0.25) is 10.0 Å². The van der Waals surface area contributed by atoms with Crippen LogP contribution in [0.25, 0.3) is 10.9 Å². The maximum Gasteiger partial charge on any atom is 0.309 e. The van der Waals surface area contributed by atoms with Crippen LogP contribution in [0.15, 0.2) is 59.5 Å². The fraction of sp³-hybridized carbons (Fsp3) is 0.273. The number of para-hydroxylation sites is 1. The molecule has 8 nitrogen and oxygen atoms in total. The zero-order valence-corrected chi connectivity index (χ0v) is 17.7. The van der Waals surface area contributed by atoms with E-state index >= 15 is 0 Å². The van der Waals surface area contributed by atoms with Gasteiger partial charge in [0.25, 0.3) is 0 Å². The predicted molar refractivity (Wildman–Crippen MR) is 115 cm³/mol. The summed E-state index contributed by atoms with van der Waals surface area (Å²) in [6.07, 6.45) is 0. The predicted octanol–water partition coefficient (Wildman–Crippen LogP) is 2.07. The molecule has 0 bridgehead atoms. The van der Waals surface area contributed by atoms with E-state index in [1.165, 1.54) is 12.1 Å². The third kappa shape index (κ3) is 4.68. The van der Waals surface area contributed by atoms with Crippen molar-refractivity contribution in [2.24, 2.45) is 5.92 Å². The minimum atomic E-state index is -3.85. The van der Waals surface area contributed by atoms with Gasteiger partial charge < -0.3 is 15.2 Å². The Morgan fingerprint density at radius 2 is 1.94 bits per heavy atom. The van der Waals surface area contributed by atoms with Gasteiger partial charge in [0.05, 0.1) is 16.3 Å². The molecule has 0 amide bonds. The van der Waals surface area contributed by atoms with Crippen LogP contribution in [0.3, 0.4) is 0 Å². The Hall–Kier alpha value is -3.01. The zero-order valence-electron chi connectivity index (χ0n) is 16.9. The number of rotatable bonds is 7. The first-order valence-electron chi connectivity index (χ1n) is 9.87. The smallest absolute Gasteiger partial charge is 0.309 e. The number of aliphatic carboxylic acids is 1. The van der Waals surface area contributed by atoms with Crippen molar-refractivity contribution >= 4 is 26.9 Å². The van der Waals surface area contributed by atoms with Crippen molar-refractivity contribution in [3.05, 3.63) is 65.9 Å². The van der Waals surface area contributed by atoms with Gasteiger partial charge in [-0.1, -0.05) is 18.2 Å². The van der Waals surface area contributed by atoms with Gasteiger partial charge in [-0.05, 0) is 43.3 Å². The van der Waals surface area contributed by atoms with E-state index in [1.54, 1.807) is 12.1 Å². The van der Waals surface area contributed by atoms with Gasteiger partial charge in [0.1, 0.15) is 12.4 Å². The highest BCUT2D eigenvalue weighted by Crippen LogP contribution is 2.22. The molecule has 2 unspecified atom stereocenters. The van der Waals surface area contributed by atoms with Crippen molar-refractivity contribution in [1.82, 2.24) is 15.0 Å². The molecule has 4 rings (SSSR count). The molecule has 1 fully saturated rings. The van der Waals surface area contributed by atoms with Crippen LogP contribution in [0.4, 0.5) is 0 Å². The molecule has 9 heteroatoms. The summed E-state index contributed by atoms with van der Waals surface area (Å²) >= 11 is 0. The third-order valence-corrected chi connectivity index (χ3v) is 6.80. The average molecular weight is 442 g/mol. The quantitative estimate of drug-likeness (QED) is 0.514. The van der Waals surface area contributed by atoms with Crippen LogP contribution in [-0.2, 0) is 21.4 Å². The number of carboxylic acids is 1. The molecule has 1 aliphatic heterocycles. The van der Waals surface area contributed by atoms with Crippen molar-refractivity contribution in [2.45, 2.75) is 24.5 Å². The minimum Gasteiger partial charge on any atom is -0.489 e. The van der Waals surface area contributed by atoms with E-state index < -0.39 is 28.0 Å². The fourth-order valence-corrected chi connectivity index (χ4v) is 5.00. The Bertz CT molecular complexity index is 1210. The first-order valence-corrected chi connectivity index (χ1v) is 11.4. The van der Waals surface area contributed by atoms with Crippen LogP contribution < -0.4 is 14.8 Å². The van der Waals surface area contributed by atoms with Crippen LogP contribution >= 0.6 is 0 Å². The van der Waals surface area contributed by atoms with Gasteiger partial charge in [-0.15, -0.1) is 0 Å². The highest BCUT2D eigenvalue weighted by Gasteiger charge is 2.35. The van der Waals surface area contributed by atoms with Crippen molar-refractivity contribution in [3.8, 4) is 5.75 Å². The number of aryl methyl sites for hydroxylation is 1. The van der Waals surface area contributed by atoms with Crippen molar-refractivity contribution < 1.29 is 23.1 Å². The number of ether oxygens (including phenoxy) is 1. The second kappa shape index (κ2) is 8.62. The topological polar surface area (TPSA) is 118 Å². The molecule has 2 atom stereocenters. The minimum absolute atomic E-state index is 0.0566. The molecule has 31 heavy (non-hydrogen) atoms. The van der Waals surface area contributed by atoms with Crippen molar-refractivity contribution in [3.63, 3.8) is 0 Å². The number of carbonyl (C=O) groups is 1. The van der Waals surface area contributed by atoms with Crippen LogP contribution in [0.2, 0.25) is 0 Å². The number of pyridine rings is 1. The lowest BCUT2D eigenvalue weighted by Crippen LogP contribution is -2.42. The van der Waals surface area contributed by atoms with Crippen LogP contribution in [0, 0.1) is 12.8 Å². The molecule has 3 N–H and O–H groups in total. The van der Waals surface area contributed by atoms with Crippen LogP contribution in [-0.4, -0.2) is 43.6 Å². The van der Waals surface area contributed by atoms with E-state index in [-0.39, 0.29) is 18.0 Å². The summed E-state index contributed by atoms with van der Waals surface area (Å²) in [5.41, 5.74) is 2.79. The lowest BCUT2D eigenvalue weighted by atomic mass is 10.1. The molecule has 1 aliphatic rings. The second-order valence-corrected chi connectivity index (χ2v) is 9.24. The van der Waals surface area contributed by atoms with E-state index in [2.05, 4.69) is 15.0 Å². The Morgan fingerprint density at radius 3 is 2.68 bits per heavy atom. The standard InChI is InChI=1S/C22H23N3O5S/c1-14-10-15(18-4-2-3-5-20(18)24-14)13-30-16-6-8-17(9-7-16)31(28,29)25-21-12-23-11-19(21)22(26)27/h2-10,19,21,23,25H,11-13H2,1H3,(H,26,27). The van der Waals surface area contributed by atoms with Crippen LogP contribution in [0.5, 0.6) is 5.75 Å². The maximum atomic E-state index is 12.7. The Balaban J connectivity index is 1.46. The molecule has 0 spiro atoms. The van der Waals surface area contributed by atoms with Crippen molar-refractivity contribution in [2.75, 3.05) is 13.1 Å². The molecule has 0 saturated carbocycles. The Kier molecular flexibility index (Phi) is 5.90. The summed E-state index contributed by atoms with van der Waals surface area (Å²) in [6.45, 7) is 2.76. The molecular formula is C22H23N3O5S. The Labute approximate surface area is 180 Å². The number of sulfonamides is 1. The number of benzene rings is 2. The largest absolute Gasteiger partial charge is 0.489 e. The summed E-state index contributed by atoms with van der Waals surface area (Å²) in [6, 6.07) is 15.2. The number of fused-ring (bicyclic) bond motifs is 1.